The molecule has 0 bridgehead atoms. The number of aromatic nitrogens is 3. The summed E-state index contributed by atoms with van der Waals surface area (Å²) in [6, 6.07) is 1.10. The summed E-state index contributed by atoms with van der Waals surface area (Å²) >= 11 is 2.99. The van der Waals surface area contributed by atoms with Crippen LogP contribution >= 0.6 is 15.9 Å². The Kier molecular flexibility index (Phi) is 4.01. The molecule has 0 amide bonds. The van der Waals surface area contributed by atoms with Gasteiger partial charge in [0.05, 0.1) is 6.07 Å². The van der Waals surface area contributed by atoms with Gasteiger partial charge in [0.2, 0.25) is 5.03 Å². The SMILES string of the molecule is CCC(C#N)NS(=O)(=O)c1c(Br)nnn1C. The fourth-order valence-electron chi connectivity index (χ4n) is 1.05. The minimum absolute atomic E-state index is 0.0961. The molecule has 1 aromatic rings. The first-order valence-corrected chi connectivity index (χ1v) is 6.67. The lowest BCUT2D eigenvalue weighted by Crippen LogP contribution is -2.34. The van der Waals surface area contributed by atoms with Crippen LogP contribution in [0.2, 0.25) is 0 Å². The number of hydrogen-bond donors (Lipinski definition) is 1. The maximum absolute atomic E-state index is 11.9. The van der Waals surface area contributed by atoms with Gasteiger partial charge in [0, 0.05) is 7.05 Å². The summed E-state index contributed by atoms with van der Waals surface area (Å²) in [5, 5.41) is 15.7. The predicted molar refractivity (Wildman–Crippen MR) is 58.7 cm³/mol. The van der Waals surface area contributed by atoms with Crippen LogP contribution in [0.3, 0.4) is 0 Å². The minimum atomic E-state index is -3.78. The summed E-state index contributed by atoms with van der Waals surface area (Å²) in [6.07, 6.45) is 0.388. The summed E-state index contributed by atoms with van der Waals surface area (Å²) in [5.41, 5.74) is 0. The Balaban J connectivity index is 3.09. The maximum atomic E-state index is 11.9. The third-order valence-corrected chi connectivity index (χ3v) is 4.21. The van der Waals surface area contributed by atoms with Crippen molar-refractivity contribution in [2.45, 2.75) is 24.4 Å². The lowest BCUT2D eigenvalue weighted by atomic mass is 10.3. The van der Waals surface area contributed by atoms with Crippen molar-refractivity contribution in [1.82, 2.24) is 19.7 Å². The molecule has 0 aliphatic rings. The molecule has 0 spiro atoms. The molecular formula is C7H10BrN5O2S. The second-order valence-corrected chi connectivity index (χ2v) is 5.40. The number of hydrogen-bond acceptors (Lipinski definition) is 5. The molecule has 1 heterocycles. The number of nitriles is 1. The third kappa shape index (κ3) is 2.58. The highest BCUT2D eigenvalue weighted by Crippen LogP contribution is 2.17. The molecule has 1 unspecified atom stereocenters. The Hall–Kier alpha value is -0.980. The van der Waals surface area contributed by atoms with E-state index in [-0.39, 0.29) is 9.63 Å². The van der Waals surface area contributed by atoms with Crippen molar-refractivity contribution in [2.75, 3.05) is 0 Å². The van der Waals surface area contributed by atoms with Crippen molar-refractivity contribution in [1.29, 1.82) is 5.26 Å². The Morgan fingerprint density at radius 3 is 2.69 bits per heavy atom. The van der Waals surface area contributed by atoms with Crippen LogP contribution in [0, 0.1) is 11.3 Å². The van der Waals surface area contributed by atoms with Crippen LogP contribution in [0.1, 0.15) is 13.3 Å². The van der Waals surface area contributed by atoms with Gasteiger partial charge in [0.15, 0.2) is 4.60 Å². The molecule has 0 aromatic carbocycles. The zero-order valence-corrected chi connectivity index (χ0v) is 11.1. The molecule has 0 saturated heterocycles. The number of sulfonamides is 1. The highest BCUT2D eigenvalue weighted by molar-refractivity contribution is 9.10. The van der Waals surface area contributed by atoms with E-state index >= 15 is 0 Å². The van der Waals surface area contributed by atoms with E-state index in [1.807, 2.05) is 6.07 Å². The van der Waals surface area contributed by atoms with E-state index in [9.17, 15) is 8.42 Å². The van der Waals surface area contributed by atoms with E-state index < -0.39 is 16.1 Å². The summed E-state index contributed by atoms with van der Waals surface area (Å²) in [4.78, 5) is 0. The Bertz CT molecular complexity index is 498. The van der Waals surface area contributed by atoms with E-state index in [0.29, 0.717) is 6.42 Å². The monoisotopic (exact) mass is 307 g/mol. The van der Waals surface area contributed by atoms with E-state index in [1.54, 1.807) is 6.92 Å². The molecule has 1 atom stereocenters. The molecule has 1 N–H and O–H groups in total. The lowest BCUT2D eigenvalue weighted by molar-refractivity contribution is 0.550. The van der Waals surface area contributed by atoms with Crippen molar-refractivity contribution < 1.29 is 8.42 Å². The Labute approximate surface area is 102 Å². The molecule has 0 saturated carbocycles. The van der Waals surface area contributed by atoms with E-state index in [4.69, 9.17) is 5.26 Å². The number of rotatable bonds is 4. The van der Waals surface area contributed by atoms with Crippen LogP contribution in [-0.4, -0.2) is 29.5 Å². The molecule has 0 aliphatic carbocycles. The Morgan fingerprint density at radius 1 is 1.69 bits per heavy atom. The number of aryl methyl sites for hydroxylation is 1. The lowest BCUT2D eigenvalue weighted by Gasteiger charge is -2.09. The first-order chi connectivity index (χ1) is 7.42. The average Bonchev–Trinajstić information content (AvgIpc) is 2.55. The van der Waals surface area contributed by atoms with E-state index in [1.165, 1.54) is 7.05 Å². The first kappa shape index (κ1) is 13.1. The van der Waals surface area contributed by atoms with Gasteiger partial charge >= 0.3 is 0 Å². The van der Waals surface area contributed by atoms with Gasteiger partial charge in [-0.05, 0) is 22.4 Å². The summed E-state index contributed by atoms with van der Waals surface area (Å²) < 4.78 is 27.2. The van der Waals surface area contributed by atoms with Crippen LogP contribution in [0.5, 0.6) is 0 Å². The fraction of sp³-hybridized carbons (Fsp3) is 0.571. The largest absolute Gasteiger partial charge is 0.261 e. The zero-order valence-electron chi connectivity index (χ0n) is 8.68. The van der Waals surface area contributed by atoms with Crippen molar-refractivity contribution in [3.8, 4) is 6.07 Å². The number of halogens is 1. The van der Waals surface area contributed by atoms with Crippen LogP contribution < -0.4 is 4.72 Å². The van der Waals surface area contributed by atoms with Crippen LogP contribution in [0.4, 0.5) is 0 Å². The van der Waals surface area contributed by atoms with Crippen LogP contribution in [0.25, 0.3) is 0 Å². The molecule has 0 radical (unpaired) electrons. The second kappa shape index (κ2) is 4.90. The molecule has 9 heteroatoms. The number of nitrogens with zero attached hydrogens (tertiary/aromatic N) is 4. The highest BCUT2D eigenvalue weighted by Gasteiger charge is 2.26. The third-order valence-electron chi connectivity index (χ3n) is 1.85. The first-order valence-electron chi connectivity index (χ1n) is 4.39. The van der Waals surface area contributed by atoms with Gasteiger partial charge in [0.1, 0.15) is 6.04 Å². The van der Waals surface area contributed by atoms with Crippen molar-refractivity contribution in [3.05, 3.63) is 4.60 Å². The minimum Gasteiger partial charge on any atom is -0.235 e. The smallest absolute Gasteiger partial charge is 0.235 e. The molecule has 16 heavy (non-hydrogen) atoms. The van der Waals surface area contributed by atoms with Crippen molar-refractivity contribution >= 4 is 26.0 Å². The van der Waals surface area contributed by atoms with Crippen molar-refractivity contribution in [2.24, 2.45) is 7.05 Å². The van der Waals surface area contributed by atoms with Gasteiger partial charge in [-0.1, -0.05) is 12.1 Å². The highest BCUT2D eigenvalue weighted by atomic mass is 79.9. The Morgan fingerprint density at radius 2 is 2.31 bits per heavy atom. The standard InChI is InChI=1S/C7H10BrN5O2S/c1-3-5(4-9)11-16(14,15)7-6(8)10-12-13(7)2/h5,11H,3H2,1-2H3. The normalized spacial score (nSPS) is 13.4. The molecule has 0 fully saturated rings. The van der Waals surface area contributed by atoms with Gasteiger partial charge in [-0.2, -0.15) is 9.98 Å². The quantitative estimate of drug-likeness (QED) is 0.854. The average molecular weight is 308 g/mol. The van der Waals surface area contributed by atoms with Gasteiger partial charge in [-0.25, -0.2) is 13.1 Å². The topological polar surface area (TPSA) is 101 Å². The summed E-state index contributed by atoms with van der Waals surface area (Å²) in [6.45, 7) is 1.72. The molecule has 0 aliphatic heterocycles. The van der Waals surface area contributed by atoms with Crippen LogP contribution in [-0.2, 0) is 17.1 Å². The summed E-state index contributed by atoms with van der Waals surface area (Å²) in [7, 11) is -2.33. The second-order valence-electron chi connectivity index (χ2n) is 3.02. The molecular weight excluding hydrogens is 298 g/mol. The van der Waals surface area contributed by atoms with Gasteiger partial charge in [-0.3, -0.25) is 0 Å². The number of nitrogens with one attached hydrogen (secondary N) is 1. The van der Waals surface area contributed by atoms with Gasteiger partial charge in [0.25, 0.3) is 10.0 Å². The molecule has 88 valence electrons. The molecule has 1 rings (SSSR count). The van der Waals surface area contributed by atoms with Crippen LogP contribution in [0.15, 0.2) is 9.63 Å². The van der Waals surface area contributed by atoms with E-state index in [2.05, 4.69) is 31.0 Å². The van der Waals surface area contributed by atoms with Crippen molar-refractivity contribution in [3.63, 3.8) is 0 Å². The fourth-order valence-corrected chi connectivity index (χ4v) is 3.37. The van der Waals surface area contributed by atoms with Gasteiger partial charge < -0.3 is 0 Å². The maximum Gasteiger partial charge on any atom is 0.261 e. The predicted octanol–water partition coefficient (Wildman–Crippen LogP) is 0.158. The van der Waals surface area contributed by atoms with Gasteiger partial charge in [-0.15, -0.1) is 5.10 Å². The molecule has 1 aromatic heterocycles. The molecule has 7 nitrogen and oxygen atoms in total. The summed E-state index contributed by atoms with van der Waals surface area (Å²) in [5.74, 6) is 0. The zero-order chi connectivity index (χ0) is 12.3. The van der Waals surface area contributed by atoms with E-state index in [0.717, 1.165) is 4.68 Å².